The highest BCUT2D eigenvalue weighted by atomic mass is 35.5. The molecule has 0 N–H and O–H groups in total. The van der Waals surface area contributed by atoms with Crippen molar-refractivity contribution < 1.29 is 4.52 Å². The summed E-state index contributed by atoms with van der Waals surface area (Å²) in [5.41, 5.74) is 4.50. The van der Waals surface area contributed by atoms with Crippen molar-refractivity contribution in [2.24, 2.45) is 0 Å². The molecule has 0 unspecified atom stereocenters. The lowest BCUT2D eigenvalue weighted by Gasteiger charge is -2.07. The quantitative estimate of drug-likeness (QED) is 0.391. The minimum absolute atomic E-state index is 0.597. The van der Waals surface area contributed by atoms with Crippen LogP contribution in [0.25, 0.3) is 16.6 Å². The molecule has 0 spiro atoms. The summed E-state index contributed by atoms with van der Waals surface area (Å²) in [4.78, 5) is 4.76. The second-order valence-corrected chi connectivity index (χ2v) is 7.00. The molecule has 0 saturated carbocycles. The maximum Gasteiger partial charge on any atom is 0.175 e. The molecule has 0 radical (unpaired) electrons. The highest BCUT2D eigenvalue weighted by Gasteiger charge is 2.16. The number of halogens is 1. The average molecular weight is 359 g/mol. The molecule has 0 aliphatic rings. The fourth-order valence-corrected chi connectivity index (χ4v) is 4.05. The Labute approximate surface area is 148 Å². The molecular formula is C17H15ClN4OS. The summed E-state index contributed by atoms with van der Waals surface area (Å²) in [7, 11) is 0. The monoisotopic (exact) mass is 358 g/mol. The average Bonchev–Trinajstić information content (AvgIpc) is 3.06. The first kappa shape index (κ1) is 15.5. The first-order chi connectivity index (χ1) is 11.6. The number of aromatic nitrogens is 4. The van der Waals surface area contributed by atoms with E-state index in [-0.39, 0.29) is 0 Å². The lowest BCUT2D eigenvalue weighted by Crippen LogP contribution is -1.96. The Morgan fingerprint density at radius 3 is 2.71 bits per heavy atom. The van der Waals surface area contributed by atoms with Crippen LogP contribution >= 0.6 is 23.4 Å². The van der Waals surface area contributed by atoms with Gasteiger partial charge in [-0.05, 0) is 26.8 Å². The van der Waals surface area contributed by atoms with E-state index in [1.807, 2.05) is 43.5 Å². The first-order valence-corrected chi connectivity index (χ1v) is 8.90. The molecule has 0 amide bonds. The number of hydrogen-bond donors (Lipinski definition) is 0. The maximum atomic E-state index is 6.38. The zero-order valence-electron chi connectivity index (χ0n) is 13.5. The molecular weight excluding hydrogens is 344 g/mol. The van der Waals surface area contributed by atoms with Crippen LogP contribution in [0.5, 0.6) is 0 Å². The van der Waals surface area contributed by atoms with E-state index in [2.05, 4.69) is 16.3 Å². The fourth-order valence-electron chi connectivity index (χ4n) is 2.71. The van der Waals surface area contributed by atoms with Gasteiger partial charge in [0.15, 0.2) is 5.65 Å². The standard InChI is InChI=1S/C17H15ClN4OS/c1-9-13(11(3)23-21-9)8-24-17-12-6-4-5-7-14(12)22-16(19-17)15(18)10(2)20-22/h4-7H,8H2,1-3H3. The van der Waals surface area contributed by atoms with Crippen molar-refractivity contribution in [3.63, 3.8) is 0 Å². The lowest BCUT2D eigenvalue weighted by atomic mass is 10.2. The van der Waals surface area contributed by atoms with E-state index in [1.165, 1.54) is 0 Å². The van der Waals surface area contributed by atoms with Gasteiger partial charge in [-0.15, -0.1) is 11.8 Å². The predicted molar refractivity (Wildman–Crippen MR) is 95.8 cm³/mol. The van der Waals surface area contributed by atoms with Crippen LogP contribution in [0.15, 0.2) is 33.8 Å². The van der Waals surface area contributed by atoms with E-state index in [4.69, 9.17) is 21.1 Å². The third-order valence-corrected chi connectivity index (χ3v) is 5.53. The predicted octanol–water partition coefficient (Wildman–Crippen LogP) is 4.74. The van der Waals surface area contributed by atoms with Crippen molar-refractivity contribution in [2.75, 3.05) is 0 Å². The van der Waals surface area contributed by atoms with E-state index < -0.39 is 0 Å². The normalized spacial score (nSPS) is 11.7. The Morgan fingerprint density at radius 1 is 1.17 bits per heavy atom. The van der Waals surface area contributed by atoms with Crippen molar-refractivity contribution in [1.82, 2.24) is 19.8 Å². The molecule has 0 bridgehead atoms. The number of thioether (sulfide) groups is 1. The molecule has 1 aromatic carbocycles. The topological polar surface area (TPSA) is 56.2 Å². The lowest BCUT2D eigenvalue weighted by molar-refractivity contribution is 0.392. The molecule has 0 atom stereocenters. The van der Waals surface area contributed by atoms with Crippen LogP contribution in [-0.4, -0.2) is 19.8 Å². The number of benzene rings is 1. The summed E-state index contributed by atoms with van der Waals surface area (Å²) in [6.45, 7) is 5.78. The van der Waals surface area contributed by atoms with Crippen molar-refractivity contribution in [3.8, 4) is 0 Å². The third-order valence-electron chi connectivity index (χ3n) is 4.07. The van der Waals surface area contributed by atoms with E-state index in [0.29, 0.717) is 10.7 Å². The molecule has 5 nitrogen and oxygen atoms in total. The van der Waals surface area contributed by atoms with Crippen molar-refractivity contribution in [2.45, 2.75) is 31.6 Å². The smallest absolute Gasteiger partial charge is 0.175 e. The highest BCUT2D eigenvalue weighted by Crippen LogP contribution is 2.33. The van der Waals surface area contributed by atoms with Gasteiger partial charge in [0.05, 0.1) is 16.9 Å². The molecule has 4 rings (SSSR count). The third kappa shape index (κ3) is 2.37. The van der Waals surface area contributed by atoms with E-state index in [9.17, 15) is 0 Å². The summed E-state index contributed by atoms with van der Waals surface area (Å²) >= 11 is 8.04. The van der Waals surface area contributed by atoms with Crippen LogP contribution in [-0.2, 0) is 5.75 Å². The Kier molecular flexibility index (Phi) is 3.73. The van der Waals surface area contributed by atoms with Gasteiger partial charge in [0.25, 0.3) is 0 Å². The summed E-state index contributed by atoms with van der Waals surface area (Å²) in [6, 6.07) is 8.10. The number of para-hydroxylation sites is 1. The molecule has 0 fully saturated rings. The van der Waals surface area contributed by atoms with E-state index in [1.54, 1.807) is 11.8 Å². The van der Waals surface area contributed by atoms with Gasteiger partial charge in [-0.2, -0.15) is 5.10 Å². The number of fused-ring (bicyclic) bond motifs is 3. The molecule has 3 aromatic heterocycles. The van der Waals surface area contributed by atoms with E-state index >= 15 is 0 Å². The molecule has 122 valence electrons. The van der Waals surface area contributed by atoms with Gasteiger partial charge >= 0.3 is 0 Å². The number of hydrogen-bond acceptors (Lipinski definition) is 5. The van der Waals surface area contributed by atoms with Crippen LogP contribution < -0.4 is 0 Å². The van der Waals surface area contributed by atoms with Gasteiger partial charge in [-0.1, -0.05) is 35.0 Å². The van der Waals surface area contributed by atoms with Gasteiger partial charge in [-0.3, -0.25) is 0 Å². The van der Waals surface area contributed by atoms with Crippen LogP contribution in [0.1, 0.15) is 22.7 Å². The van der Waals surface area contributed by atoms with Gasteiger partial charge in [0.2, 0.25) is 0 Å². The van der Waals surface area contributed by atoms with Crippen LogP contribution in [0.3, 0.4) is 0 Å². The summed E-state index contributed by atoms with van der Waals surface area (Å²) in [5.74, 6) is 1.60. The second kappa shape index (κ2) is 5.79. The molecule has 0 aliphatic carbocycles. The SMILES string of the molecule is Cc1noc(C)c1CSc1nc2c(Cl)c(C)nn2c2ccccc12. The Morgan fingerprint density at radius 2 is 1.96 bits per heavy atom. The van der Waals surface area contributed by atoms with E-state index in [0.717, 1.165) is 44.4 Å². The summed E-state index contributed by atoms with van der Waals surface area (Å²) < 4.78 is 7.06. The largest absolute Gasteiger partial charge is 0.361 e. The Balaban J connectivity index is 1.85. The molecule has 3 heterocycles. The summed E-state index contributed by atoms with van der Waals surface area (Å²) in [5, 5.41) is 11.1. The molecule has 0 aliphatic heterocycles. The second-order valence-electron chi connectivity index (χ2n) is 5.66. The first-order valence-electron chi connectivity index (χ1n) is 7.54. The van der Waals surface area contributed by atoms with Crippen LogP contribution in [0.4, 0.5) is 0 Å². The molecule has 24 heavy (non-hydrogen) atoms. The molecule has 4 aromatic rings. The Hall–Kier alpha value is -2.05. The van der Waals surface area contributed by atoms with Crippen molar-refractivity contribution in [3.05, 3.63) is 52.0 Å². The number of nitrogens with zero attached hydrogens (tertiary/aromatic N) is 4. The number of rotatable bonds is 3. The van der Waals surface area contributed by atoms with Crippen molar-refractivity contribution in [1.29, 1.82) is 0 Å². The number of aryl methyl sites for hydroxylation is 3. The van der Waals surface area contributed by atoms with Gasteiger partial charge in [0, 0.05) is 16.7 Å². The Bertz CT molecular complexity index is 1050. The fraction of sp³-hybridized carbons (Fsp3) is 0.235. The van der Waals surface area contributed by atoms with Gasteiger partial charge in [0.1, 0.15) is 15.8 Å². The zero-order chi connectivity index (χ0) is 16.8. The molecule has 0 saturated heterocycles. The highest BCUT2D eigenvalue weighted by molar-refractivity contribution is 7.98. The minimum Gasteiger partial charge on any atom is -0.361 e. The van der Waals surface area contributed by atoms with Crippen LogP contribution in [0.2, 0.25) is 5.02 Å². The maximum absolute atomic E-state index is 6.38. The van der Waals surface area contributed by atoms with Crippen LogP contribution in [0, 0.1) is 20.8 Å². The van der Waals surface area contributed by atoms with Gasteiger partial charge in [-0.25, -0.2) is 9.50 Å². The molecule has 7 heteroatoms. The van der Waals surface area contributed by atoms with Gasteiger partial charge < -0.3 is 4.52 Å². The minimum atomic E-state index is 0.597. The van der Waals surface area contributed by atoms with Crippen molar-refractivity contribution >= 4 is 39.9 Å². The summed E-state index contributed by atoms with van der Waals surface area (Å²) in [6.07, 6.45) is 0. The zero-order valence-corrected chi connectivity index (χ0v) is 15.1.